The van der Waals surface area contributed by atoms with E-state index in [9.17, 15) is 18.0 Å². The van der Waals surface area contributed by atoms with Crippen LogP contribution in [-0.2, 0) is 14.8 Å². The van der Waals surface area contributed by atoms with Gasteiger partial charge in [0.1, 0.15) is 0 Å². The number of anilines is 1. The summed E-state index contributed by atoms with van der Waals surface area (Å²) in [5, 5.41) is 5.61. The Balaban J connectivity index is 2.11. The summed E-state index contributed by atoms with van der Waals surface area (Å²) < 4.78 is 25.5. The van der Waals surface area contributed by atoms with Crippen molar-refractivity contribution in [3.05, 3.63) is 29.8 Å². The van der Waals surface area contributed by atoms with E-state index in [1.807, 2.05) is 13.8 Å². The first-order valence-corrected chi connectivity index (χ1v) is 10.5. The van der Waals surface area contributed by atoms with Crippen molar-refractivity contribution < 1.29 is 18.0 Å². The summed E-state index contributed by atoms with van der Waals surface area (Å²) in [4.78, 5) is 25.0. The topological polar surface area (TPSA) is 95.6 Å². The molecule has 1 fully saturated rings. The maximum atomic E-state index is 12.7. The number of amides is 2. The molecular weight excluding hydrogens is 354 g/mol. The van der Waals surface area contributed by atoms with Crippen molar-refractivity contribution >= 4 is 27.5 Å². The molecule has 1 aliphatic rings. The van der Waals surface area contributed by atoms with Gasteiger partial charge in [0.15, 0.2) is 0 Å². The van der Waals surface area contributed by atoms with Crippen LogP contribution in [-0.4, -0.2) is 49.4 Å². The monoisotopic (exact) mass is 381 g/mol. The Hall–Kier alpha value is -1.93. The highest BCUT2D eigenvalue weighted by Crippen LogP contribution is 2.22. The molecular formula is C18H27N3O4S. The van der Waals surface area contributed by atoms with E-state index < -0.39 is 15.9 Å². The van der Waals surface area contributed by atoms with Gasteiger partial charge in [0.05, 0.1) is 22.9 Å². The summed E-state index contributed by atoms with van der Waals surface area (Å²) in [6.45, 7) is 5.96. The third-order valence-electron chi connectivity index (χ3n) is 4.36. The van der Waals surface area contributed by atoms with Crippen LogP contribution in [0.4, 0.5) is 5.69 Å². The second kappa shape index (κ2) is 8.64. The van der Waals surface area contributed by atoms with Crippen LogP contribution in [0.3, 0.4) is 0 Å². The lowest BCUT2D eigenvalue weighted by molar-refractivity contribution is -0.120. The fraction of sp³-hybridized carbons (Fsp3) is 0.556. The first kappa shape index (κ1) is 20.4. The molecule has 0 unspecified atom stereocenters. The average molecular weight is 381 g/mol. The highest BCUT2D eigenvalue weighted by Gasteiger charge is 2.31. The van der Waals surface area contributed by atoms with E-state index in [4.69, 9.17) is 0 Å². The van der Waals surface area contributed by atoms with Gasteiger partial charge < -0.3 is 10.6 Å². The number of nitrogens with one attached hydrogen (secondary N) is 2. The van der Waals surface area contributed by atoms with Gasteiger partial charge >= 0.3 is 0 Å². The molecule has 2 rings (SSSR count). The molecule has 1 atom stereocenters. The Kier molecular flexibility index (Phi) is 6.77. The fourth-order valence-electron chi connectivity index (χ4n) is 2.96. The quantitative estimate of drug-likeness (QED) is 0.786. The molecule has 0 aliphatic carbocycles. The number of benzene rings is 1. The lowest BCUT2D eigenvalue weighted by atomic mass is 9.98. The molecule has 1 aliphatic heterocycles. The molecule has 1 saturated heterocycles. The van der Waals surface area contributed by atoms with Gasteiger partial charge in [-0.1, -0.05) is 12.1 Å². The molecule has 26 heavy (non-hydrogen) atoms. The van der Waals surface area contributed by atoms with Crippen molar-refractivity contribution in [2.75, 3.05) is 24.2 Å². The molecule has 0 bridgehead atoms. The fourth-order valence-corrected chi connectivity index (χ4v) is 4.14. The zero-order valence-electron chi connectivity index (χ0n) is 15.5. The van der Waals surface area contributed by atoms with Crippen LogP contribution in [0.25, 0.3) is 0 Å². The highest BCUT2D eigenvalue weighted by molar-refractivity contribution is 7.89. The predicted octanol–water partition coefficient (Wildman–Crippen LogP) is 1.82. The zero-order valence-corrected chi connectivity index (χ0v) is 16.3. The number of hydrogen-bond acceptors (Lipinski definition) is 4. The summed E-state index contributed by atoms with van der Waals surface area (Å²) in [5.41, 5.74) is 0.828. The number of sulfonamides is 1. The second-order valence-corrected chi connectivity index (χ2v) is 9.02. The van der Waals surface area contributed by atoms with Crippen LogP contribution in [0, 0.1) is 5.92 Å². The largest absolute Gasteiger partial charge is 0.350 e. The average Bonchev–Trinajstić information content (AvgIpc) is 2.61. The standard InChI is InChI=1S/C18H27N3O4S/c1-4-26(24,25)21-11-7-8-14(12-21)17(22)20-16-10-6-5-9-15(16)18(23)19-13(2)3/h5-6,9-10,13-14H,4,7-8,11-12H2,1-3H3,(H,19,23)(H,20,22)/t14-/m0/s1. The normalized spacial score (nSPS) is 18.5. The highest BCUT2D eigenvalue weighted by atomic mass is 32.2. The Morgan fingerprint density at radius 3 is 2.62 bits per heavy atom. The number of nitrogens with zero attached hydrogens (tertiary/aromatic N) is 1. The summed E-state index contributed by atoms with van der Waals surface area (Å²) in [6.07, 6.45) is 1.27. The summed E-state index contributed by atoms with van der Waals surface area (Å²) in [6, 6.07) is 6.80. The van der Waals surface area contributed by atoms with Crippen molar-refractivity contribution in [2.45, 2.75) is 39.7 Å². The van der Waals surface area contributed by atoms with Gasteiger partial charge in [-0.3, -0.25) is 9.59 Å². The van der Waals surface area contributed by atoms with Crippen molar-refractivity contribution in [3.8, 4) is 0 Å². The minimum atomic E-state index is -3.31. The first-order chi connectivity index (χ1) is 12.2. The van der Waals surface area contributed by atoms with E-state index in [0.29, 0.717) is 30.6 Å². The SMILES string of the molecule is CCS(=O)(=O)N1CCC[C@H](C(=O)Nc2ccccc2C(=O)NC(C)C)C1. The molecule has 0 spiro atoms. The van der Waals surface area contributed by atoms with Gasteiger partial charge in [0.25, 0.3) is 5.91 Å². The minimum Gasteiger partial charge on any atom is -0.350 e. The minimum absolute atomic E-state index is 0.0163. The number of carbonyl (C=O) groups is 2. The van der Waals surface area contributed by atoms with Crippen LogP contribution in [0.15, 0.2) is 24.3 Å². The molecule has 144 valence electrons. The van der Waals surface area contributed by atoms with Gasteiger partial charge in [0, 0.05) is 19.1 Å². The molecule has 0 saturated carbocycles. The van der Waals surface area contributed by atoms with E-state index in [0.717, 1.165) is 0 Å². The molecule has 1 aromatic rings. The van der Waals surface area contributed by atoms with Crippen LogP contribution >= 0.6 is 0 Å². The molecule has 8 heteroatoms. The van der Waals surface area contributed by atoms with Gasteiger partial charge in [-0.25, -0.2) is 12.7 Å². The second-order valence-electron chi connectivity index (χ2n) is 6.76. The Morgan fingerprint density at radius 1 is 1.27 bits per heavy atom. The zero-order chi connectivity index (χ0) is 19.3. The molecule has 1 aromatic carbocycles. The maximum absolute atomic E-state index is 12.7. The Bertz CT molecular complexity index is 761. The molecule has 0 radical (unpaired) electrons. The summed E-state index contributed by atoms with van der Waals surface area (Å²) in [5.74, 6) is -0.911. The lowest BCUT2D eigenvalue weighted by Crippen LogP contribution is -2.44. The Morgan fingerprint density at radius 2 is 1.96 bits per heavy atom. The number of rotatable bonds is 6. The summed E-state index contributed by atoms with van der Waals surface area (Å²) in [7, 11) is -3.31. The van der Waals surface area contributed by atoms with Crippen molar-refractivity contribution in [2.24, 2.45) is 5.92 Å². The molecule has 1 heterocycles. The number of piperidine rings is 1. The van der Waals surface area contributed by atoms with Crippen molar-refractivity contribution in [3.63, 3.8) is 0 Å². The van der Waals surface area contributed by atoms with Gasteiger partial charge in [-0.05, 0) is 45.7 Å². The van der Waals surface area contributed by atoms with E-state index in [1.54, 1.807) is 31.2 Å². The third-order valence-corrected chi connectivity index (χ3v) is 6.21. The van der Waals surface area contributed by atoms with E-state index >= 15 is 0 Å². The van der Waals surface area contributed by atoms with E-state index in [1.165, 1.54) is 4.31 Å². The lowest BCUT2D eigenvalue weighted by Gasteiger charge is -2.31. The summed E-state index contributed by atoms with van der Waals surface area (Å²) >= 11 is 0. The van der Waals surface area contributed by atoms with Crippen LogP contribution in [0.2, 0.25) is 0 Å². The van der Waals surface area contributed by atoms with E-state index in [2.05, 4.69) is 10.6 Å². The van der Waals surface area contributed by atoms with Gasteiger partial charge in [-0.2, -0.15) is 0 Å². The molecule has 7 nitrogen and oxygen atoms in total. The smallest absolute Gasteiger partial charge is 0.253 e. The van der Waals surface area contributed by atoms with E-state index in [-0.39, 0.29) is 30.2 Å². The van der Waals surface area contributed by atoms with Crippen LogP contribution in [0.1, 0.15) is 44.0 Å². The van der Waals surface area contributed by atoms with Crippen molar-refractivity contribution in [1.82, 2.24) is 9.62 Å². The molecule has 0 aromatic heterocycles. The third kappa shape index (κ3) is 5.04. The number of para-hydroxylation sites is 1. The molecule has 2 amide bonds. The number of hydrogen-bond donors (Lipinski definition) is 2. The Labute approximate surface area is 155 Å². The van der Waals surface area contributed by atoms with Crippen LogP contribution < -0.4 is 10.6 Å². The van der Waals surface area contributed by atoms with Crippen molar-refractivity contribution in [1.29, 1.82) is 0 Å². The van der Waals surface area contributed by atoms with Crippen LogP contribution in [0.5, 0.6) is 0 Å². The molecule has 2 N–H and O–H groups in total. The number of carbonyl (C=O) groups excluding carboxylic acids is 2. The van der Waals surface area contributed by atoms with Gasteiger partial charge in [0.2, 0.25) is 15.9 Å². The predicted molar refractivity (Wildman–Crippen MR) is 101 cm³/mol. The maximum Gasteiger partial charge on any atom is 0.253 e. The van der Waals surface area contributed by atoms with Gasteiger partial charge in [-0.15, -0.1) is 0 Å². The first-order valence-electron chi connectivity index (χ1n) is 8.93.